The van der Waals surface area contributed by atoms with Gasteiger partial charge in [-0.1, -0.05) is 18.2 Å². The maximum Gasteiger partial charge on any atom is 0.0403 e. The number of likely N-dealkylation sites (N-methyl/N-ethyl adjacent to an activating group) is 1. The van der Waals surface area contributed by atoms with Crippen molar-refractivity contribution in [3.63, 3.8) is 0 Å². The fourth-order valence-corrected chi connectivity index (χ4v) is 4.33. The van der Waals surface area contributed by atoms with Crippen LogP contribution in [0.4, 0.5) is 5.69 Å². The highest BCUT2D eigenvalue weighted by molar-refractivity contribution is 5.63. The first-order chi connectivity index (χ1) is 8.32. The summed E-state index contributed by atoms with van der Waals surface area (Å²) < 4.78 is 0. The number of para-hydroxylation sites is 1. The predicted molar refractivity (Wildman–Crippen MR) is 77.3 cm³/mol. The van der Waals surface area contributed by atoms with E-state index >= 15 is 0 Å². The van der Waals surface area contributed by atoms with Gasteiger partial charge in [0.25, 0.3) is 0 Å². The Morgan fingerprint density at radius 1 is 1.17 bits per heavy atom. The molecule has 0 amide bonds. The topological polar surface area (TPSA) is 15.3 Å². The minimum absolute atomic E-state index is 0.146. The van der Waals surface area contributed by atoms with Crippen molar-refractivity contribution >= 4 is 5.69 Å². The number of hydrogen-bond acceptors (Lipinski definition) is 2. The number of piperidine rings is 1. The van der Waals surface area contributed by atoms with Gasteiger partial charge in [0.2, 0.25) is 0 Å². The molecule has 1 fully saturated rings. The van der Waals surface area contributed by atoms with Crippen LogP contribution in [0.2, 0.25) is 0 Å². The van der Waals surface area contributed by atoms with Gasteiger partial charge >= 0.3 is 0 Å². The van der Waals surface area contributed by atoms with Gasteiger partial charge in [0.15, 0.2) is 0 Å². The summed E-state index contributed by atoms with van der Waals surface area (Å²) in [5, 5.41) is 3.84. The fraction of sp³-hybridized carbons (Fsp3) is 0.625. The van der Waals surface area contributed by atoms with E-state index in [-0.39, 0.29) is 11.1 Å². The van der Waals surface area contributed by atoms with Crippen molar-refractivity contribution in [3.05, 3.63) is 29.8 Å². The first-order valence-electron chi connectivity index (χ1n) is 6.93. The Bertz CT molecular complexity index is 476. The van der Waals surface area contributed by atoms with Crippen LogP contribution in [0.5, 0.6) is 0 Å². The number of nitrogens with one attached hydrogen (secondary N) is 1. The lowest BCUT2D eigenvalue weighted by atomic mass is 9.70. The highest BCUT2D eigenvalue weighted by Crippen LogP contribution is 2.50. The zero-order valence-electron chi connectivity index (χ0n) is 12.1. The average Bonchev–Trinajstić information content (AvgIpc) is 2.51. The summed E-state index contributed by atoms with van der Waals surface area (Å²) in [7, 11) is 2.25. The van der Waals surface area contributed by atoms with E-state index in [1.54, 1.807) is 0 Å². The summed E-state index contributed by atoms with van der Waals surface area (Å²) in [6, 6.07) is 9.51. The van der Waals surface area contributed by atoms with Crippen LogP contribution in [0.15, 0.2) is 24.3 Å². The van der Waals surface area contributed by atoms with Crippen LogP contribution in [-0.2, 0) is 0 Å². The second-order valence-corrected chi connectivity index (χ2v) is 7.15. The second-order valence-electron chi connectivity index (χ2n) is 7.15. The largest absolute Gasteiger partial charge is 0.371 e. The van der Waals surface area contributed by atoms with Crippen molar-refractivity contribution in [2.75, 3.05) is 11.9 Å². The Morgan fingerprint density at radius 3 is 2.56 bits per heavy atom. The molecule has 1 aromatic carbocycles. The van der Waals surface area contributed by atoms with Crippen molar-refractivity contribution in [3.8, 4) is 0 Å². The smallest absolute Gasteiger partial charge is 0.0403 e. The quantitative estimate of drug-likeness (QED) is 0.754. The molecule has 1 aromatic rings. The number of nitrogens with zero attached hydrogens (tertiary/aromatic N) is 1. The normalized spacial score (nSPS) is 31.9. The van der Waals surface area contributed by atoms with E-state index in [1.165, 1.54) is 17.7 Å². The summed E-state index contributed by atoms with van der Waals surface area (Å²) in [4.78, 5) is 2.49. The molecular weight excluding hydrogens is 220 g/mol. The van der Waals surface area contributed by atoms with E-state index < -0.39 is 0 Å². The Kier molecular flexibility index (Phi) is 2.34. The number of hydrogen-bond donors (Lipinski definition) is 1. The van der Waals surface area contributed by atoms with Crippen molar-refractivity contribution in [2.45, 2.75) is 57.2 Å². The third-order valence-corrected chi connectivity index (χ3v) is 4.69. The van der Waals surface area contributed by atoms with E-state index in [1.807, 2.05) is 0 Å². The summed E-state index contributed by atoms with van der Waals surface area (Å²) in [5.74, 6) is 0.590. The molecule has 18 heavy (non-hydrogen) atoms. The Hall–Kier alpha value is -1.02. The molecule has 3 rings (SSSR count). The molecule has 2 nitrogen and oxygen atoms in total. The third kappa shape index (κ3) is 1.58. The van der Waals surface area contributed by atoms with Crippen molar-refractivity contribution in [2.24, 2.45) is 0 Å². The summed E-state index contributed by atoms with van der Waals surface area (Å²) >= 11 is 0. The van der Waals surface area contributed by atoms with Crippen LogP contribution >= 0.6 is 0 Å². The van der Waals surface area contributed by atoms with E-state index in [2.05, 4.69) is 69.2 Å². The lowest BCUT2D eigenvalue weighted by Gasteiger charge is -2.51. The van der Waals surface area contributed by atoms with Crippen molar-refractivity contribution in [1.29, 1.82) is 0 Å². The molecule has 0 radical (unpaired) electrons. The molecule has 1 saturated heterocycles. The minimum Gasteiger partial charge on any atom is -0.371 e. The maximum atomic E-state index is 3.84. The van der Waals surface area contributed by atoms with Crippen LogP contribution in [0.1, 0.15) is 45.6 Å². The summed E-state index contributed by atoms with van der Waals surface area (Å²) in [6.07, 6.45) is 1.20. The van der Waals surface area contributed by atoms with E-state index in [9.17, 15) is 0 Å². The SMILES string of the molecule is CN1c2ccccc2C2C1CC(C)(C)NC2(C)C. The van der Waals surface area contributed by atoms with E-state index in [0.29, 0.717) is 12.0 Å². The highest BCUT2D eigenvalue weighted by atomic mass is 15.2. The van der Waals surface area contributed by atoms with Gasteiger partial charge < -0.3 is 10.2 Å². The first kappa shape index (κ1) is 12.0. The molecule has 0 spiro atoms. The van der Waals surface area contributed by atoms with Gasteiger partial charge in [-0.3, -0.25) is 0 Å². The molecule has 0 aliphatic carbocycles. The predicted octanol–water partition coefficient (Wildman–Crippen LogP) is 3.14. The van der Waals surface area contributed by atoms with Crippen molar-refractivity contribution in [1.82, 2.24) is 5.32 Å². The number of benzene rings is 1. The van der Waals surface area contributed by atoms with Gasteiger partial charge in [-0.2, -0.15) is 0 Å². The Balaban J connectivity index is 2.11. The molecule has 2 aliphatic heterocycles. The molecule has 1 N–H and O–H groups in total. The molecule has 2 aliphatic rings. The van der Waals surface area contributed by atoms with Crippen LogP contribution < -0.4 is 10.2 Å². The fourth-order valence-electron chi connectivity index (χ4n) is 4.33. The number of anilines is 1. The van der Waals surface area contributed by atoms with Gasteiger partial charge in [-0.05, 0) is 45.7 Å². The zero-order valence-corrected chi connectivity index (χ0v) is 12.1. The molecule has 0 saturated carbocycles. The molecule has 2 heteroatoms. The molecular formula is C16H24N2. The van der Waals surface area contributed by atoms with Gasteiger partial charge in [0, 0.05) is 35.8 Å². The monoisotopic (exact) mass is 244 g/mol. The van der Waals surface area contributed by atoms with Gasteiger partial charge in [0.05, 0.1) is 0 Å². The first-order valence-corrected chi connectivity index (χ1v) is 6.93. The molecule has 2 heterocycles. The maximum absolute atomic E-state index is 3.84. The lowest BCUT2D eigenvalue weighted by Crippen LogP contribution is -2.64. The van der Waals surface area contributed by atoms with Crippen LogP contribution in [0, 0.1) is 0 Å². The van der Waals surface area contributed by atoms with Gasteiger partial charge in [-0.25, -0.2) is 0 Å². The van der Waals surface area contributed by atoms with Crippen LogP contribution in [0.25, 0.3) is 0 Å². The molecule has 0 aromatic heterocycles. The Morgan fingerprint density at radius 2 is 1.83 bits per heavy atom. The highest BCUT2D eigenvalue weighted by Gasteiger charge is 2.51. The Labute approximate surface area is 110 Å². The average molecular weight is 244 g/mol. The minimum atomic E-state index is 0.146. The standard InChI is InChI=1S/C16H24N2/c1-15(2)10-13-14(16(3,4)17-15)11-8-6-7-9-12(11)18(13)5/h6-9,13-14,17H,10H2,1-5H3. The summed E-state index contributed by atoms with van der Waals surface area (Å²) in [6.45, 7) is 9.34. The number of rotatable bonds is 0. The molecule has 2 atom stereocenters. The molecule has 98 valence electrons. The second kappa shape index (κ2) is 3.51. The van der Waals surface area contributed by atoms with Crippen molar-refractivity contribution < 1.29 is 0 Å². The van der Waals surface area contributed by atoms with E-state index in [4.69, 9.17) is 0 Å². The van der Waals surface area contributed by atoms with E-state index in [0.717, 1.165) is 0 Å². The van der Waals surface area contributed by atoms with Gasteiger partial charge in [-0.15, -0.1) is 0 Å². The molecule has 0 bridgehead atoms. The van der Waals surface area contributed by atoms with Gasteiger partial charge in [0.1, 0.15) is 0 Å². The lowest BCUT2D eigenvalue weighted by molar-refractivity contribution is 0.140. The third-order valence-electron chi connectivity index (χ3n) is 4.69. The summed E-state index contributed by atoms with van der Waals surface area (Å²) in [5.41, 5.74) is 3.28. The number of fused-ring (bicyclic) bond motifs is 3. The van der Waals surface area contributed by atoms with Crippen LogP contribution in [0.3, 0.4) is 0 Å². The molecule has 2 unspecified atom stereocenters. The zero-order chi connectivity index (χ0) is 13.1. The van der Waals surface area contributed by atoms with Crippen LogP contribution in [-0.4, -0.2) is 24.2 Å².